The Labute approximate surface area is 211 Å². The number of fused-ring (bicyclic) bond motifs is 1. The van der Waals surface area contributed by atoms with Gasteiger partial charge in [-0.1, -0.05) is 11.3 Å². The van der Waals surface area contributed by atoms with Crippen LogP contribution in [0.2, 0.25) is 0 Å². The Bertz CT molecular complexity index is 1430. The zero-order valence-electron chi connectivity index (χ0n) is 20.4. The van der Waals surface area contributed by atoms with E-state index >= 15 is 0 Å². The van der Waals surface area contributed by atoms with E-state index in [1.54, 1.807) is 42.3 Å². The number of aromatic nitrogens is 6. The van der Waals surface area contributed by atoms with E-state index in [0.29, 0.717) is 35.6 Å². The van der Waals surface area contributed by atoms with Gasteiger partial charge in [0.15, 0.2) is 6.19 Å². The molecule has 0 N–H and O–H groups in total. The number of benzene rings is 1. The highest BCUT2D eigenvalue weighted by Gasteiger charge is 2.30. The maximum atomic E-state index is 13.3. The Morgan fingerprint density at radius 2 is 1.97 bits per heavy atom. The number of imidazole rings is 1. The van der Waals surface area contributed by atoms with Gasteiger partial charge in [0, 0.05) is 24.8 Å². The summed E-state index contributed by atoms with van der Waals surface area (Å²) in [6.07, 6.45) is 1.59. The van der Waals surface area contributed by atoms with Crippen LogP contribution in [0.25, 0.3) is 22.3 Å². The number of hydrogen-bond donors (Lipinski definition) is 0. The SMILES string of the molecule is Cc1c(-c2cc(O[C@H](C)c3ccccn3)c3c(c2)ncn3CC(F)(F)F)nnn1C1CCN(C#N)CC1. The minimum atomic E-state index is -4.42. The van der Waals surface area contributed by atoms with Crippen molar-refractivity contribution in [2.75, 3.05) is 13.1 Å². The zero-order chi connectivity index (χ0) is 26.2. The lowest BCUT2D eigenvalue weighted by Gasteiger charge is -2.28. The first kappa shape index (κ1) is 24.5. The highest BCUT2D eigenvalue weighted by atomic mass is 19.4. The molecule has 0 unspecified atom stereocenters. The zero-order valence-corrected chi connectivity index (χ0v) is 20.4. The molecule has 0 amide bonds. The van der Waals surface area contributed by atoms with Gasteiger partial charge >= 0.3 is 6.18 Å². The third-order valence-electron chi connectivity index (χ3n) is 6.59. The summed E-state index contributed by atoms with van der Waals surface area (Å²) in [5, 5.41) is 17.9. The first-order chi connectivity index (χ1) is 17.7. The Hall–Kier alpha value is -4.14. The molecule has 5 rings (SSSR count). The second kappa shape index (κ2) is 9.72. The van der Waals surface area contributed by atoms with E-state index in [1.165, 1.54) is 6.33 Å². The quantitative estimate of drug-likeness (QED) is 0.343. The van der Waals surface area contributed by atoms with Crippen LogP contribution in [0.4, 0.5) is 13.2 Å². The molecule has 9 nitrogen and oxygen atoms in total. The molecule has 0 saturated carbocycles. The van der Waals surface area contributed by atoms with Crippen LogP contribution in [0.1, 0.15) is 43.3 Å². The lowest BCUT2D eigenvalue weighted by molar-refractivity contribution is -0.140. The molecule has 1 atom stereocenters. The molecule has 1 fully saturated rings. The first-order valence-corrected chi connectivity index (χ1v) is 11.9. The van der Waals surface area contributed by atoms with Crippen molar-refractivity contribution in [2.24, 2.45) is 0 Å². The number of nitriles is 1. The van der Waals surface area contributed by atoms with Gasteiger partial charge in [-0.25, -0.2) is 9.67 Å². The highest BCUT2D eigenvalue weighted by molar-refractivity contribution is 5.87. The number of nitrogens with zero attached hydrogens (tertiary/aromatic N) is 8. The number of rotatable bonds is 6. The van der Waals surface area contributed by atoms with Crippen LogP contribution in [-0.2, 0) is 6.54 Å². The molecule has 0 bridgehead atoms. The van der Waals surface area contributed by atoms with Crippen molar-refractivity contribution in [2.45, 2.75) is 51.6 Å². The molecule has 4 aromatic rings. The molecule has 0 aliphatic carbocycles. The molecule has 1 aromatic carbocycles. The van der Waals surface area contributed by atoms with E-state index in [9.17, 15) is 13.2 Å². The van der Waals surface area contributed by atoms with Gasteiger partial charge in [0.1, 0.15) is 29.6 Å². The molecule has 37 heavy (non-hydrogen) atoms. The number of alkyl halides is 3. The summed E-state index contributed by atoms with van der Waals surface area (Å²) >= 11 is 0. The maximum absolute atomic E-state index is 13.3. The third-order valence-corrected chi connectivity index (χ3v) is 6.59. The normalized spacial score (nSPS) is 15.6. The molecule has 0 spiro atoms. The van der Waals surface area contributed by atoms with E-state index in [-0.39, 0.29) is 17.3 Å². The van der Waals surface area contributed by atoms with E-state index in [2.05, 4.69) is 26.5 Å². The number of halogens is 3. The van der Waals surface area contributed by atoms with Crippen molar-refractivity contribution in [1.82, 2.24) is 34.4 Å². The van der Waals surface area contributed by atoms with Gasteiger partial charge in [0.2, 0.25) is 0 Å². The minimum absolute atomic E-state index is 0.112. The van der Waals surface area contributed by atoms with Gasteiger partial charge in [-0.05, 0) is 51.0 Å². The average Bonchev–Trinajstić information content (AvgIpc) is 3.46. The predicted molar refractivity (Wildman–Crippen MR) is 128 cm³/mol. The predicted octanol–water partition coefficient (Wildman–Crippen LogP) is 4.82. The summed E-state index contributed by atoms with van der Waals surface area (Å²) in [5.41, 5.74) is 3.33. The van der Waals surface area contributed by atoms with Gasteiger partial charge in [-0.3, -0.25) is 4.98 Å². The smallest absolute Gasteiger partial charge is 0.406 e. The average molecular weight is 511 g/mol. The highest BCUT2D eigenvalue weighted by Crippen LogP contribution is 2.36. The lowest BCUT2D eigenvalue weighted by atomic mass is 10.0. The topological polar surface area (TPSA) is 97.7 Å². The summed E-state index contributed by atoms with van der Waals surface area (Å²) < 4.78 is 49.0. The van der Waals surface area contributed by atoms with Crippen molar-refractivity contribution in [3.63, 3.8) is 0 Å². The standard InChI is InChI=1S/C25H25F3N8O/c1-16-23(32-33-36(16)19-6-9-34(14-29)10-7-19)18-11-21-24(35(15-31-21)13-25(26,27)28)22(12-18)37-17(2)20-5-3-4-8-30-20/h3-5,8,11-12,15,17,19H,6-7,9-10,13H2,1-2H3/t17-/m1/s1. The second-order valence-corrected chi connectivity index (χ2v) is 9.13. The van der Waals surface area contributed by atoms with E-state index in [0.717, 1.165) is 23.1 Å². The van der Waals surface area contributed by atoms with Crippen LogP contribution in [0.15, 0.2) is 42.9 Å². The van der Waals surface area contributed by atoms with Gasteiger partial charge in [0.25, 0.3) is 0 Å². The minimum Gasteiger partial charge on any atom is -0.482 e. The van der Waals surface area contributed by atoms with Gasteiger partial charge < -0.3 is 14.2 Å². The molecule has 1 aliphatic rings. The van der Waals surface area contributed by atoms with Crippen molar-refractivity contribution >= 4 is 11.0 Å². The molecule has 4 heterocycles. The van der Waals surface area contributed by atoms with E-state index in [4.69, 9.17) is 10.00 Å². The molecule has 0 radical (unpaired) electrons. The number of likely N-dealkylation sites (tertiary alicyclic amines) is 1. The van der Waals surface area contributed by atoms with Gasteiger partial charge in [0.05, 0.1) is 29.3 Å². The fourth-order valence-corrected chi connectivity index (χ4v) is 4.74. The number of ether oxygens (including phenoxy) is 1. The first-order valence-electron chi connectivity index (χ1n) is 11.9. The fraction of sp³-hybridized carbons (Fsp3) is 0.400. The van der Waals surface area contributed by atoms with Crippen molar-refractivity contribution in [1.29, 1.82) is 5.26 Å². The Balaban J connectivity index is 1.54. The van der Waals surface area contributed by atoms with Crippen LogP contribution in [0, 0.1) is 18.4 Å². The van der Waals surface area contributed by atoms with Crippen molar-refractivity contribution < 1.29 is 17.9 Å². The van der Waals surface area contributed by atoms with Crippen LogP contribution in [-0.4, -0.2) is 53.7 Å². The molecular weight excluding hydrogens is 485 g/mol. The van der Waals surface area contributed by atoms with Crippen LogP contribution in [0.5, 0.6) is 5.75 Å². The summed E-state index contributed by atoms with van der Waals surface area (Å²) in [5.74, 6) is 0.253. The molecule has 1 aliphatic heterocycles. The van der Waals surface area contributed by atoms with Crippen LogP contribution in [0.3, 0.4) is 0 Å². The lowest BCUT2D eigenvalue weighted by Crippen LogP contribution is -2.31. The molecule has 1 saturated heterocycles. The number of piperidine rings is 1. The number of pyridine rings is 1. The van der Waals surface area contributed by atoms with Crippen molar-refractivity contribution in [3.8, 4) is 23.2 Å². The Morgan fingerprint density at radius 3 is 2.65 bits per heavy atom. The molecule has 192 valence electrons. The molecule has 3 aromatic heterocycles. The second-order valence-electron chi connectivity index (χ2n) is 9.13. The Kier molecular flexibility index (Phi) is 6.45. The summed E-state index contributed by atoms with van der Waals surface area (Å²) in [6.45, 7) is 3.83. The molecular formula is C25H25F3N8O. The van der Waals surface area contributed by atoms with E-state index in [1.807, 2.05) is 17.7 Å². The monoisotopic (exact) mass is 510 g/mol. The van der Waals surface area contributed by atoms with Crippen LogP contribution >= 0.6 is 0 Å². The van der Waals surface area contributed by atoms with Gasteiger partial charge in [-0.15, -0.1) is 5.10 Å². The maximum Gasteiger partial charge on any atom is 0.406 e. The molecule has 12 heteroatoms. The summed E-state index contributed by atoms with van der Waals surface area (Å²) in [7, 11) is 0. The van der Waals surface area contributed by atoms with E-state index < -0.39 is 18.8 Å². The Morgan fingerprint density at radius 1 is 1.19 bits per heavy atom. The van der Waals surface area contributed by atoms with Crippen molar-refractivity contribution in [3.05, 3.63) is 54.2 Å². The largest absolute Gasteiger partial charge is 0.482 e. The summed E-state index contributed by atoms with van der Waals surface area (Å²) in [4.78, 5) is 10.3. The van der Waals surface area contributed by atoms with Crippen LogP contribution < -0.4 is 4.74 Å². The third kappa shape index (κ3) is 5.07. The van der Waals surface area contributed by atoms with Gasteiger partial charge in [-0.2, -0.15) is 18.4 Å². The fourth-order valence-electron chi connectivity index (χ4n) is 4.74. The number of hydrogen-bond acceptors (Lipinski definition) is 7. The summed E-state index contributed by atoms with van der Waals surface area (Å²) in [6, 6.07) is 8.91.